The van der Waals surface area contributed by atoms with E-state index in [0.29, 0.717) is 23.3 Å². The zero-order valence-corrected chi connectivity index (χ0v) is 15.6. The van der Waals surface area contributed by atoms with Crippen LogP contribution in [0.3, 0.4) is 0 Å². The van der Waals surface area contributed by atoms with E-state index >= 15 is 0 Å². The second-order valence-corrected chi connectivity index (χ2v) is 7.34. The van der Waals surface area contributed by atoms with Crippen LogP contribution in [0.15, 0.2) is 30.6 Å². The van der Waals surface area contributed by atoms with Crippen molar-refractivity contribution in [3.8, 4) is 11.1 Å². The summed E-state index contributed by atoms with van der Waals surface area (Å²) in [7, 11) is 0. The molecule has 0 unspecified atom stereocenters. The highest BCUT2D eigenvalue weighted by atomic mass is 32.1. The highest BCUT2D eigenvalue weighted by Gasteiger charge is 2.28. The number of amides is 1. The molecule has 0 fully saturated rings. The van der Waals surface area contributed by atoms with E-state index in [2.05, 4.69) is 10.2 Å². The van der Waals surface area contributed by atoms with E-state index in [4.69, 9.17) is 11.5 Å². The van der Waals surface area contributed by atoms with Crippen molar-refractivity contribution < 1.29 is 13.6 Å². The summed E-state index contributed by atoms with van der Waals surface area (Å²) in [5, 5.41) is 6.78. The minimum atomic E-state index is -0.909. The third kappa shape index (κ3) is 3.77. The van der Waals surface area contributed by atoms with Gasteiger partial charge in [-0.1, -0.05) is 13.0 Å². The molecule has 1 amide bonds. The molecule has 2 heterocycles. The third-order valence-corrected chi connectivity index (χ3v) is 5.87. The molecular weight excluding hydrogens is 370 g/mol. The van der Waals surface area contributed by atoms with Crippen LogP contribution < -0.4 is 11.5 Å². The predicted octanol–water partition coefficient (Wildman–Crippen LogP) is 3.36. The maximum absolute atomic E-state index is 13.6. The lowest BCUT2D eigenvalue weighted by Crippen LogP contribution is -2.20. The van der Waals surface area contributed by atoms with Crippen LogP contribution in [-0.2, 0) is 12.8 Å². The number of carbonyl (C=O) groups is 1. The Morgan fingerprint density at radius 1 is 1.33 bits per heavy atom. The van der Waals surface area contributed by atoms with Crippen molar-refractivity contribution in [2.75, 3.05) is 6.54 Å². The van der Waals surface area contributed by atoms with Gasteiger partial charge in [0.1, 0.15) is 0 Å². The topological polar surface area (TPSA) is 97.8 Å². The number of benzene rings is 1. The molecule has 0 aliphatic rings. The molecule has 0 aliphatic carbocycles. The summed E-state index contributed by atoms with van der Waals surface area (Å²) >= 11 is 1.35. The van der Waals surface area contributed by atoms with Gasteiger partial charge in [-0.15, -0.1) is 11.3 Å². The first-order valence-corrected chi connectivity index (χ1v) is 9.36. The second-order valence-electron chi connectivity index (χ2n) is 6.23. The first kappa shape index (κ1) is 19.2. The monoisotopic (exact) mass is 390 g/mol. The molecule has 3 rings (SSSR count). The van der Waals surface area contributed by atoms with Gasteiger partial charge in [-0.05, 0) is 42.6 Å². The van der Waals surface area contributed by atoms with Crippen LogP contribution in [0, 0.1) is 11.6 Å². The number of H-pyrrole nitrogens is 1. The van der Waals surface area contributed by atoms with Crippen LogP contribution in [-0.4, -0.2) is 22.6 Å². The molecule has 1 atom stereocenters. The lowest BCUT2D eigenvalue weighted by Gasteiger charge is -2.18. The van der Waals surface area contributed by atoms with Gasteiger partial charge >= 0.3 is 0 Å². The van der Waals surface area contributed by atoms with E-state index in [1.54, 1.807) is 12.4 Å². The number of nitrogens with two attached hydrogens (primary N) is 2. The number of carbonyl (C=O) groups excluding carboxylic acids is 1. The fourth-order valence-corrected chi connectivity index (χ4v) is 4.47. The normalized spacial score (nSPS) is 12.3. The van der Waals surface area contributed by atoms with E-state index in [-0.39, 0.29) is 12.5 Å². The van der Waals surface area contributed by atoms with E-state index < -0.39 is 17.5 Å². The summed E-state index contributed by atoms with van der Waals surface area (Å²) in [6, 6.07) is 3.78. The van der Waals surface area contributed by atoms with Gasteiger partial charge in [0, 0.05) is 28.1 Å². The number of halogens is 2. The number of aromatic amines is 1. The molecule has 0 radical (unpaired) electrons. The van der Waals surface area contributed by atoms with Gasteiger partial charge in [0.2, 0.25) is 0 Å². The summed E-state index contributed by atoms with van der Waals surface area (Å²) in [5.41, 5.74) is 14.7. The quantitative estimate of drug-likeness (QED) is 0.577. The zero-order chi connectivity index (χ0) is 19.6. The number of thiophene rings is 1. The minimum absolute atomic E-state index is 0.226. The van der Waals surface area contributed by atoms with Crippen molar-refractivity contribution >= 4 is 17.2 Å². The fourth-order valence-electron chi connectivity index (χ4n) is 3.27. The first-order chi connectivity index (χ1) is 13.0. The maximum atomic E-state index is 13.6. The molecule has 5 N–H and O–H groups in total. The smallest absolute Gasteiger partial charge is 0.259 e. The zero-order valence-electron chi connectivity index (χ0n) is 14.8. The molecule has 1 aromatic carbocycles. The molecule has 27 heavy (non-hydrogen) atoms. The number of nitrogens with one attached hydrogen (secondary N) is 1. The Morgan fingerprint density at radius 2 is 2.11 bits per heavy atom. The molecule has 2 aromatic heterocycles. The second kappa shape index (κ2) is 7.98. The van der Waals surface area contributed by atoms with Crippen LogP contribution in [0.2, 0.25) is 0 Å². The minimum Gasteiger partial charge on any atom is -0.365 e. The summed E-state index contributed by atoms with van der Waals surface area (Å²) in [4.78, 5) is 13.6. The maximum Gasteiger partial charge on any atom is 0.259 e. The van der Waals surface area contributed by atoms with Gasteiger partial charge in [0.25, 0.3) is 5.91 Å². The van der Waals surface area contributed by atoms with E-state index in [1.165, 1.54) is 17.4 Å². The van der Waals surface area contributed by atoms with Crippen LogP contribution in [0.4, 0.5) is 8.78 Å². The number of aryl methyl sites for hydroxylation is 1. The lowest BCUT2D eigenvalue weighted by molar-refractivity contribution is 0.100. The molecule has 0 saturated heterocycles. The predicted molar refractivity (Wildman–Crippen MR) is 102 cm³/mol. The average Bonchev–Trinajstić information content (AvgIpc) is 3.29. The Hall–Kier alpha value is -2.58. The number of primary amides is 1. The van der Waals surface area contributed by atoms with Crippen molar-refractivity contribution in [1.82, 2.24) is 10.2 Å². The fraction of sp³-hybridized carbons (Fsp3) is 0.263. The van der Waals surface area contributed by atoms with Gasteiger partial charge in [-0.2, -0.15) is 5.10 Å². The molecule has 0 saturated carbocycles. The highest BCUT2D eigenvalue weighted by molar-refractivity contribution is 7.14. The molecular formula is C19H20F2N4OS. The van der Waals surface area contributed by atoms with Gasteiger partial charge in [0.05, 0.1) is 11.1 Å². The van der Waals surface area contributed by atoms with Crippen LogP contribution in [0.1, 0.15) is 38.5 Å². The van der Waals surface area contributed by atoms with E-state index in [1.807, 2.05) is 6.92 Å². The first-order valence-electron chi connectivity index (χ1n) is 8.54. The average molecular weight is 390 g/mol. The molecule has 8 heteroatoms. The Bertz CT molecular complexity index is 953. The number of aromatic nitrogens is 2. The molecule has 142 valence electrons. The molecule has 3 aromatic rings. The molecule has 0 aliphatic heterocycles. The van der Waals surface area contributed by atoms with Crippen molar-refractivity contribution in [2.24, 2.45) is 11.5 Å². The summed E-state index contributed by atoms with van der Waals surface area (Å²) in [6.07, 6.45) is 4.51. The van der Waals surface area contributed by atoms with E-state index in [0.717, 1.165) is 33.7 Å². The van der Waals surface area contributed by atoms with Crippen molar-refractivity contribution in [1.29, 1.82) is 0 Å². The van der Waals surface area contributed by atoms with Crippen molar-refractivity contribution in [3.63, 3.8) is 0 Å². The van der Waals surface area contributed by atoms with E-state index in [9.17, 15) is 13.6 Å². The van der Waals surface area contributed by atoms with Crippen LogP contribution >= 0.6 is 11.3 Å². The SMILES string of the molecule is CCc1sc(C(N)=O)c([C@@H](CN)Cc2ccc(F)c(F)c2)c1-c1cn[nH]c1. The van der Waals surface area contributed by atoms with Gasteiger partial charge in [0.15, 0.2) is 11.6 Å². The summed E-state index contributed by atoms with van der Waals surface area (Å²) in [6.45, 7) is 2.22. The van der Waals surface area contributed by atoms with Gasteiger partial charge in [-0.3, -0.25) is 9.89 Å². The number of hydrogen-bond donors (Lipinski definition) is 3. The number of nitrogens with zero attached hydrogens (tertiary/aromatic N) is 1. The largest absolute Gasteiger partial charge is 0.365 e. The summed E-state index contributed by atoms with van der Waals surface area (Å²) in [5.74, 6) is -2.61. The molecule has 0 spiro atoms. The summed E-state index contributed by atoms with van der Waals surface area (Å²) < 4.78 is 26.9. The highest BCUT2D eigenvalue weighted by Crippen LogP contribution is 2.41. The van der Waals surface area contributed by atoms with Gasteiger partial charge in [-0.25, -0.2) is 8.78 Å². The Kier molecular flexibility index (Phi) is 5.67. The van der Waals surface area contributed by atoms with Crippen LogP contribution in [0.25, 0.3) is 11.1 Å². The van der Waals surface area contributed by atoms with Gasteiger partial charge < -0.3 is 11.5 Å². The Balaban J connectivity index is 2.12. The van der Waals surface area contributed by atoms with Crippen molar-refractivity contribution in [2.45, 2.75) is 25.7 Å². The standard InChI is InChI=1S/C19H20F2N4OS/c1-2-15-16(12-8-24-25-9-12)17(18(27-15)19(23)26)11(7-22)5-10-3-4-13(20)14(21)6-10/h3-4,6,8-9,11H,2,5,7,22H2,1H3,(H2,23,26)(H,24,25)/t11-/m1/s1. The third-order valence-electron chi connectivity index (χ3n) is 4.51. The molecule has 0 bridgehead atoms. The van der Waals surface area contributed by atoms with Crippen LogP contribution in [0.5, 0.6) is 0 Å². The lowest BCUT2D eigenvalue weighted by atomic mass is 9.86. The van der Waals surface area contributed by atoms with Crippen molar-refractivity contribution in [3.05, 3.63) is 63.1 Å². The Labute approximate surface area is 159 Å². The number of rotatable bonds is 7. The molecule has 5 nitrogen and oxygen atoms in total. The number of hydrogen-bond acceptors (Lipinski definition) is 4. The Morgan fingerprint density at radius 3 is 2.67 bits per heavy atom.